The average Bonchev–Trinajstić information content (AvgIpc) is 1.61. The average molecular weight is 87.1 g/mol. The zero-order valence-corrected chi connectivity index (χ0v) is 3.26. The molecule has 3 heteroatoms. The Bertz CT molecular complexity index is 44.8. The first-order valence-corrected chi connectivity index (χ1v) is 1.64. The number of hydrogen-bond acceptors (Lipinski definition) is 3. The minimum Gasteiger partial charge on any atom is -0.303 e. The molecule has 0 aliphatic heterocycles. The Morgan fingerprint density at radius 1 is 1.67 bits per heavy atom. The lowest BCUT2D eigenvalue weighted by molar-refractivity contribution is -0.107. The lowest BCUT2D eigenvalue weighted by Crippen LogP contribution is -1.76. The summed E-state index contributed by atoms with van der Waals surface area (Å²) >= 11 is 0. The highest BCUT2D eigenvalue weighted by Crippen LogP contribution is 1.69. The van der Waals surface area contributed by atoms with Crippen molar-refractivity contribution in [1.29, 1.82) is 0 Å². The van der Waals surface area contributed by atoms with Crippen molar-refractivity contribution in [3.63, 3.8) is 0 Å². The molecule has 0 aromatic rings. The molecule has 0 saturated carbocycles. The second-order valence-corrected chi connectivity index (χ2v) is 0.808. The Balaban J connectivity index is 2.66. The maximum Gasteiger partial charge on any atom is 0.121 e. The highest BCUT2D eigenvalue weighted by atomic mass is 16.3. The van der Waals surface area contributed by atoms with Gasteiger partial charge in [-0.05, 0) is 0 Å². The molecule has 0 heterocycles. The van der Waals surface area contributed by atoms with Crippen LogP contribution in [-0.2, 0) is 4.79 Å². The van der Waals surface area contributed by atoms with Crippen LogP contribution in [0.3, 0.4) is 0 Å². The maximum absolute atomic E-state index is 9.36. The molecule has 0 fully saturated rings. The topological polar surface area (TPSA) is 46.5 Å². The predicted octanol–water partition coefficient (Wildman–Crippen LogP) is 0.342. The molecule has 0 N–H and O–H groups in total. The number of nitroso groups, excluding NO2 is 1. The fourth-order valence-corrected chi connectivity index (χ4v) is 0.105. The molecule has 0 rings (SSSR count). The summed E-state index contributed by atoms with van der Waals surface area (Å²) in [6, 6.07) is 0. The first kappa shape index (κ1) is 5.27. The Hall–Kier alpha value is -0.730. The molecule has 0 saturated heterocycles. The van der Waals surface area contributed by atoms with Gasteiger partial charge < -0.3 is 4.79 Å². The van der Waals surface area contributed by atoms with Gasteiger partial charge in [0.25, 0.3) is 0 Å². The van der Waals surface area contributed by atoms with Gasteiger partial charge in [-0.1, -0.05) is 5.18 Å². The fourth-order valence-electron chi connectivity index (χ4n) is 0.105. The van der Waals surface area contributed by atoms with Crippen molar-refractivity contribution < 1.29 is 4.79 Å². The molecular weight excluding hydrogens is 82.0 g/mol. The van der Waals surface area contributed by atoms with Crippen molar-refractivity contribution in [1.82, 2.24) is 0 Å². The first-order chi connectivity index (χ1) is 2.91. The Labute approximate surface area is 35.3 Å². The number of aldehydes is 1. The third kappa shape index (κ3) is 3.27. The van der Waals surface area contributed by atoms with E-state index in [1.54, 1.807) is 0 Å². The van der Waals surface area contributed by atoms with E-state index in [4.69, 9.17) is 4.91 Å². The van der Waals surface area contributed by atoms with Gasteiger partial charge in [-0.25, -0.2) is 0 Å². The first-order valence-electron chi connectivity index (χ1n) is 1.64. The van der Waals surface area contributed by atoms with Crippen LogP contribution in [0.25, 0.3) is 0 Å². The summed E-state index contributed by atoms with van der Waals surface area (Å²) in [4.78, 5) is 18.5. The number of nitrogens with zero attached hydrogens (tertiary/aromatic N) is 1. The molecule has 0 spiro atoms. The Morgan fingerprint density at radius 2 is 2.33 bits per heavy atom. The molecule has 0 bridgehead atoms. The quantitative estimate of drug-likeness (QED) is 0.283. The van der Waals surface area contributed by atoms with Crippen molar-refractivity contribution in [2.45, 2.75) is 6.42 Å². The van der Waals surface area contributed by atoms with Gasteiger partial charge in [0.05, 0.1) is 6.54 Å². The van der Waals surface area contributed by atoms with Crippen LogP contribution in [0.15, 0.2) is 5.18 Å². The van der Waals surface area contributed by atoms with Crippen LogP contribution in [0.4, 0.5) is 0 Å². The van der Waals surface area contributed by atoms with Crippen LogP contribution in [-0.4, -0.2) is 12.8 Å². The summed E-state index contributed by atoms with van der Waals surface area (Å²) in [6.45, 7) is 0.115. The van der Waals surface area contributed by atoms with E-state index in [1.807, 2.05) is 0 Å². The molecule has 6 heavy (non-hydrogen) atoms. The zero-order chi connectivity index (χ0) is 4.83. The van der Waals surface area contributed by atoms with Crippen molar-refractivity contribution >= 4 is 6.29 Å². The van der Waals surface area contributed by atoms with Crippen LogP contribution < -0.4 is 0 Å². The second-order valence-electron chi connectivity index (χ2n) is 0.808. The van der Waals surface area contributed by atoms with E-state index in [0.717, 1.165) is 0 Å². The van der Waals surface area contributed by atoms with Crippen molar-refractivity contribution in [3.8, 4) is 0 Å². The number of hydrogen-bond donors (Lipinski definition) is 0. The van der Waals surface area contributed by atoms with E-state index in [0.29, 0.717) is 6.29 Å². The molecule has 0 aliphatic carbocycles. The van der Waals surface area contributed by atoms with Crippen molar-refractivity contribution in [2.75, 3.05) is 6.54 Å². The predicted molar refractivity (Wildman–Crippen MR) is 21.3 cm³/mol. The minimum atomic E-state index is 0.115. The van der Waals surface area contributed by atoms with E-state index >= 15 is 0 Å². The summed E-state index contributed by atoms with van der Waals surface area (Å²) in [5, 5.41) is 2.44. The molecule has 0 unspecified atom stereocenters. The Kier molecular flexibility index (Phi) is 3.75. The molecule has 0 radical (unpaired) electrons. The molecular formula is C3H5NO2. The van der Waals surface area contributed by atoms with Crippen molar-refractivity contribution in [3.05, 3.63) is 4.91 Å². The van der Waals surface area contributed by atoms with Crippen LogP contribution in [0.1, 0.15) is 6.42 Å². The molecule has 0 aliphatic rings. The largest absolute Gasteiger partial charge is 0.303 e. The maximum atomic E-state index is 9.36. The van der Waals surface area contributed by atoms with E-state index < -0.39 is 0 Å². The van der Waals surface area contributed by atoms with Gasteiger partial charge in [0.15, 0.2) is 0 Å². The van der Waals surface area contributed by atoms with Gasteiger partial charge in [0.1, 0.15) is 6.29 Å². The van der Waals surface area contributed by atoms with Crippen LogP contribution in [0.5, 0.6) is 0 Å². The fraction of sp³-hybridized carbons (Fsp3) is 0.667. The van der Waals surface area contributed by atoms with Gasteiger partial charge in [0, 0.05) is 6.42 Å². The SMILES string of the molecule is O=CCCN=O. The number of carbonyl (C=O) groups is 1. The van der Waals surface area contributed by atoms with E-state index in [1.165, 1.54) is 0 Å². The third-order valence-corrected chi connectivity index (χ3v) is 0.338. The highest BCUT2D eigenvalue weighted by molar-refractivity contribution is 5.49. The molecule has 34 valence electrons. The summed E-state index contributed by atoms with van der Waals surface area (Å²) in [5.74, 6) is 0. The Morgan fingerprint density at radius 3 is 2.50 bits per heavy atom. The molecule has 0 aromatic heterocycles. The standard InChI is InChI=1S/C3H5NO2/c5-3-1-2-4-6/h3H,1-2H2. The summed E-state index contributed by atoms with van der Waals surface area (Å²) in [6.07, 6.45) is 0.922. The second kappa shape index (κ2) is 4.27. The lowest BCUT2D eigenvalue weighted by atomic mass is 10.5. The lowest BCUT2D eigenvalue weighted by Gasteiger charge is -1.68. The van der Waals surface area contributed by atoms with Crippen LogP contribution in [0.2, 0.25) is 0 Å². The van der Waals surface area contributed by atoms with Crippen LogP contribution >= 0.6 is 0 Å². The minimum absolute atomic E-state index is 0.115. The number of carbonyl (C=O) groups excluding carboxylic acids is 1. The normalized spacial score (nSPS) is 7.33. The molecule has 0 atom stereocenters. The summed E-state index contributed by atoms with van der Waals surface area (Å²) < 4.78 is 0. The third-order valence-electron chi connectivity index (χ3n) is 0.338. The zero-order valence-electron chi connectivity index (χ0n) is 3.26. The van der Waals surface area contributed by atoms with Gasteiger partial charge in [0.2, 0.25) is 0 Å². The van der Waals surface area contributed by atoms with Gasteiger partial charge in [-0.3, -0.25) is 0 Å². The monoisotopic (exact) mass is 87.0 g/mol. The van der Waals surface area contributed by atoms with Gasteiger partial charge >= 0.3 is 0 Å². The summed E-state index contributed by atoms with van der Waals surface area (Å²) in [5.41, 5.74) is 0. The van der Waals surface area contributed by atoms with Gasteiger partial charge in [-0.15, -0.1) is 0 Å². The molecule has 0 amide bonds. The highest BCUT2D eigenvalue weighted by Gasteiger charge is 1.75. The van der Waals surface area contributed by atoms with E-state index in [9.17, 15) is 4.79 Å². The smallest absolute Gasteiger partial charge is 0.121 e. The van der Waals surface area contributed by atoms with Crippen molar-refractivity contribution in [2.24, 2.45) is 5.18 Å². The van der Waals surface area contributed by atoms with E-state index in [-0.39, 0.29) is 13.0 Å². The summed E-state index contributed by atoms with van der Waals surface area (Å²) in [7, 11) is 0. The van der Waals surface area contributed by atoms with E-state index in [2.05, 4.69) is 5.18 Å². The molecule has 0 aromatic carbocycles. The number of rotatable bonds is 3. The molecule has 3 nitrogen and oxygen atoms in total. The van der Waals surface area contributed by atoms with Gasteiger partial charge in [-0.2, -0.15) is 4.91 Å². The van der Waals surface area contributed by atoms with Crippen LogP contribution in [0, 0.1) is 4.91 Å².